The first kappa shape index (κ1) is 25.9. The molecule has 0 N–H and O–H groups in total. The summed E-state index contributed by atoms with van der Waals surface area (Å²) in [6.45, 7) is 10.4. The van der Waals surface area contributed by atoms with Crippen LogP contribution >= 0.6 is 22.9 Å². The lowest BCUT2D eigenvalue weighted by Crippen LogP contribution is -2.39. The highest BCUT2D eigenvalue weighted by atomic mass is 35.5. The molecular formula is C28H29ClN2O4S. The highest BCUT2D eigenvalue weighted by Gasteiger charge is 2.33. The van der Waals surface area contributed by atoms with Crippen molar-refractivity contribution in [1.82, 2.24) is 4.57 Å². The van der Waals surface area contributed by atoms with Gasteiger partial charge >= 0.3 is 5.97 Å². The van der Waals surface area contributed by atoms with Gasteiger partial charge < -0.3 is 9.47 Å². The van der Waals surface area contributed by atoms with Gasteiger partial charge in [0.05, 0.1) is 35.1 Å². The maximum Gasteiger partial charge on any atom is 0.338 e. The maximum atomic E-state index is 13.8. The van der Waals surface area contributed by atoms with Crippen LogP contribution in [0.2, 0.25) is 5.02 Å². The van der Waals surface area contributed by atoms with E-state index in [4.69, 9.17) is 21.1 Å². The number of rotatable bonds is 7. The molecule has 8 heteroatoms. The van der Waals surface area contributed by atoms with Crippen LogP contribution < -0.4 is 19.6 Å². The number of fused-ring (bicyclic) bond motifs is 1. The molecule has 36 heavy (non-hydrogen) atoms. The van der Waals surface area contributed by atoms with E-state index in [0.29, 0.717) is 49.5 Å². The number of thiazole rings is 1. The van der Waals surface area contributed by atoms with E-state index in [9.17, 15) is 9.59 Å². The van der Waals surface area contributed by atoms with E-state index in [-0.39, 0.29) is 12.2 Å². The molecule has 1 atom stereocenters. The summed E-state index contributed by atoms with van der Waals surface area (Å²) in [4.78, 5) is 32.0. The van der Waals surface area contributed by atoms with Gasteiger partial charge in [0.1, 0.15) is 5.75 Å². The van der Waals surface area contributed by atoms with E-state index in [0.717, 1.165) is 5.56 Å². The molecule has 188 valence electrons. The Kier molecular flexibility index (Phi) is 7.81. The van der Waals surface area contributed by atoms with Gasteiger partial charge in [-0.25, -0.2) is 9.79 Å². The first-order valence-electron chi connectivity index (χ1n) is 12.0. The van der Waals surface area contributed by atoms with E-state index in [1.165, 1.54) is 16.9 Å². The highest BCUT2D eigenvalue weighted by Crippen LogP contribution is 2.31. The van der Waals surface area contributed by atoms with Crippen molar-refractivity contribution in [2.45, 2.75) is 46.6 Å². The number of nitrogens with zero attached hydrogens (tertiary/aromatic N) is 2. The fraction of sp³-hybridized carbons (Fsp3) is 0.321. The summed E-state index contributed by atoms with van der Waals surface area (Å²) < 4.78 is 13.2. The van der Waals surface area contributed by atoms with Gasteiger partial charge in [-0.2, -0.15) is 0 Å². The van der Waals surface area contributed by atoms with Crippen molar-refractivity contribution >= 4 is 35.0 Å². The molecule has 0 fully saturated rings. The second kappa shape index (κ2) is 10.8. The van der Waals surface area contributed by atoms with Gasteiger partial charge in [0.15, 0.2) is 4.80 Å². The van der Waals surface area contributed by atoms with Crippen molar-refractivity contribution in [3.8, 4) is 5.75 Å². The number of ether oxygens (including phenoxy) is 2. The van der Waals surface area contributed by atoms with E-state index < -0.39 is 12.0 Å². The fourth-order valence-electron chi connectivity index (χ4n) is 4.23. The molecule has 6 nitrogen and oxygen atoms in total. The zero-order valence-electron chi connectivity index (χ0n) is 21.0. The van der Waals surface area contributed by atoms with Crippen LogP contribution in [-0.4, -0.2) is 23.8 Å². The second-order valence-electron chi connectivity index (χ2n) is 8.74. The Bertz CT molecular complexity index is 1500. The minimum Gasteiger partial charge on any atom is -0.493 e. The number of allylic oxidation sites excluding steroid dienone is 1. The molecular weight excluding hydrogens is 496 g/mol. The summed E-state index contributed by atoms with van der Waals surface area (Å²) in [6.07, 6.45) is 1.77. The normalized spacial score (nSPS) is 15.6. The lowest BCUT2D eigenvalue weighted by molar-refractivity contribution is -0.139. The molecule has 0 spiro atoms. The number of carbonyl (C=O) groups is 1. The van der Waals surface area contributed by atoms with Crippen LogP contribution in [0.4, 0.5) is 0 Å². The van der Waals surface area contributed by atoms with Crippen LogP contribution in [0.3, 0.4) is 0 Å². The van der Waals surface area contributed by atoms with Crippen LogP contribution in [0, 0.1) is 0 Å². The molecule has 0 radical (unpaired) electrons. The number of hydrogen-bond acceptors (Lipinski definition) is 6. The quantitative estimate of drug-likeness (QED) is 0.409. The minimum atomic E-state index is -0.644. The Hall–Kier alpha value is -3.16. The molecule has 1 aromatic heterocycles. The molecule has 0 aliphatic carbocycles. The number of aromatic nitrogens is 1. The Morgan fingerprint density at radius 1 is 1.17 bits per heavy atom. The van der Waals surface area contributed by atoms with E-state index in [1.807, 2.05) is 31.2 Å². The van der Waals surface area contributed by atoms with Gasteiger partial charge in [0.2, 0.25) is 0 Å². The van der Waals surface area contributed by atoms with Crippen LogP contribution in [0.1, 0.15) is 63.3 Å². The number of hydrogen-bond donors (Lipinski definition) is 0. The summed E-state index contributed by atoms with van der Waals surface area (Å²) in [5.41, 5.74) is 3.36. The fourth-order valence-corrected chi connectivity index (χ4v) is 5.45. The average Bonchev–Trinajstić information content (AvgIpc) is 3.14. The molecule has 0 amide bonds. The smallest absolute Gasteiger partial charge is 0.338 e. The summed E-state index contributed by atoms with van der Waals surface area (Å²) in [5, 5.41) is 0.543. The van der Waals surface area contributed by atoms with Crippen LogP contribution in [0.5, 0.6) is 5.75 Å². The summed E-state index contributed by atoms with van der Waals surface area (Å²) >= 11 is 7.50. The highest BCUT2D eigenvalue weighted by molar-refractivity contribution is 7.07. The van der Waals surface area contributed by atoms with Crippen molar-refractivity contribution in [1.29, 1.82) is 0 Å². The first-order valence-corrected chi connectivity index (χ1v) is 13.2. The number of halogens is 1. The first-order chi connectivity index (χ1) is 17.2. The monoisotopic (exact) mass is 524 g/mol. The zero-order valence-corrected chi connectivity index (χ0v) is 22.6. The SMILES string of the molecule is CCOC(=O)C1=C(C)N=c2sc(=Cc3cc(Cl)ccc3OCC)c(=O)n2C1c1ccc(C(C)C)cc1. The largest absolute Gasteiger partial charge is 0.493 e. The molecule has 1 unspecified atom stereocenters. The Balaban J connectivity index is 1.94. The van der Waals surface area contributed by atoms with Gasteiger partial charge in [-0.1, -0.05) is 61.1 Å². The number of benzene rings is 2. The molecule has 1 aliphatic heterocycles. The molecule has 3 aromatic rings. The zero-order chi connectivity index (χ0) is 26.0. The molecule has 1 aliphatic rings. The Morgan fingerprint density at radius 3 is 2.53 bits per heavy atom. The van der Waals surface area contributed by atoms with Gasteiger partial charge in [0.25, 0.3) is 5.56 Å². The minimum absolute atomic E-state index is 0.230. The molecule has 0 bridgehead atoms. The van der Waals surface area contributed by atoms with Gasteiger partial charge in [-0.3, -0.25) is 9.36 Å². The molecule has 4 rings (SSSR count). The van der Waals surface area contributed by atoms with Crippen LogP contribution in [0.25, 0.3) is 6.08 Å². The van der Waals surface area contributed by atoms with E-state index in [2.05, 4.69) is 18.8 Å². The van der Waals surface area contributed by atoms with E-state index in [1.54, 1.807) is 42.7 Å². The predicted molar refractivity (Wildman–Crippen MR) is 144 cm³/mol. The summed E-state index contributed by atoms with van der Waals surface area (Å²) in [5.74, 6) is 0.525. The van der Waals surface area contributed by atoms with Gasteiger partial charge in [-0.05, 0) is 62.1 Å². The van der Waals surface area contributed by atoms with Crippen LogP contribution in [-0.2, 0) is 9.53 Å². The second-order valence-corrected chi connectivity index (χ2v) is 10.2. The Morgan fingerprint density at radius 2 is 1.89 bits per heavy atom. The third-order valence-corrected chi connectivity index (χ3v) is 7.21. The summed E-state index contributed by atoms with van der Waals surface area (Å²) in [7, 11) is 0. The van der Waals surface area contributed by atoms with Crippen molar-refractivity contribution < 1.29 is 14.3 Å². The average molecular weight is 525 g/mol. The number of carbonyl (C=O) groups excluding carboxylic acids is 1. The molecule has 2 heterocycles. The third-order valence-electron chi connectivity index (χ3n) is 5.99. The van der Waals surface area contributed by atoms with Gasteiger partial charge in [0, 0.05) is 10.6 Å². The van der Waals surface area contributed by atoms with E-state index >= 15 is 0 Å². The lowest BCUT2D eigenvalue weighted by Gasteiger charge is -2.25. The van der Waals surface area contributed by atoms with Crippen molar-refractivity contribution in [3.05, 3.63) is 95.1 Å². The van der Waals surface area contributed by atoms with Crippen molar-refractivity contribution in [3.63, 3.8) is 0 Å². The molecule has 2 aromatic carbocycles. The standard InChI is InChI=1S/C28H29ClN2O4S/c1-6-34-22-13-12-21(29)14-20(22)15-23-26(32)31-25(19-10-8-18(9-11-19)16(3)4)24(27(33)35-7-2)17(5)30-28(31)36-23/h8-16,25H,6-7H2,1-5H3. The molecule has 0 saturated heterocycles. The third kappa shape index (κ3) is 5.04. The maximum absolute atomic E-state index is 13.8. The molecule has 0 saturated carbocycles. The van der Waals surface area contributed by atoms with Crippen LogP contribution in [0.15, 0.2) is 63.5 Å². The summed E-state index contributed by atoms with van der Waals surface area (Å²) in [6, 6.07) is 12.7. The lowest BCUT2D eigenvalue weighted by atomic mass is 9.93. The topological polar surface area (TPSA) is 69.9 Å². The van der Waals surface area contributed by atoms with Crippen molar-refractivity contribution in [2.24, 2.45) is 4.99 Å². The van der Waals surface area contributed by atoms with Gasteiger partial charge in [-0.15, -0.1) is 0 Å². The Labute approximate surface area is 219 Å². The number of esters is 1. The predicted octanol–water partition coefficient (Wildman–Crippen LogP) is 4.97. The van der Waals surface area contributed by atoms with Crippen molar-refractivity contribution in [2.75, 3.05) is 13.2 Å².